The molecule has 0 atom stereocenters. The monoisotopic (exact) mass is 464 g/mol. The molecule has 9 nitrogen and oxygen atoms in total. The van der Waals surface area contributed by atoms with Crippen LogP contribution < -0.4 is 26.2 Å². The summed E-state index contributed by atoms with van der Waals surface area (Å²) >= 11 is 0. The van der Waals surface area contributed by atoms with Gasteiger partial charge in [0.05, 0.1) is 17.9 Å². The summed E-state index contributed by atoms with van der Waals surface area (Å²) in [4.78, 5) is 43.1. The molecular formula is C25H32N6O3. The van der Waals surface area contributed by atoms with Crippen LogP contribution in [0.5, 0.6) is 0 Å². The van der Waals surface area contributed by atoms with E-state index in [1.807, 2.05) is 24.3 Å². The van der Waals surface area contributed by atoms with Gasteiger partial charge in [0.2, 0.25) is 11.8 Å². The van der Waals surface area contributed by atoms with E-state index in [1.54, 1.807) is 17.0 Å². The quantitative estimate of drug-likeness (QED) is 0.607. The molecule has 180 valence electrons. The van der Waals surface area contributed by atoms with E-state index in [1.165, 1.54) is 6.42 Å². The van der Waals surface area contributed by atoms with Crippen LogP contribution in [-0.2, 0) is 4.79 Å². The number of rotatable bonds is 6. The fraction of sp³-hybridized carbons (Fsp3) is 0.400. The highest BCUT2D eigenvalue weighted by Gasteiger charge is 2.22. The molecule has 0 aromatic heterocycles. The van der Waals surface area contributed by atoms with Gasteiger partial charge in [0.25, 0.3) is 0 Å². The third-order valence-corrected chi connectivity index (χ3v) is 6.38. The Hall–Kier alpha value is -3.75. The van der Waals surface area contributed by atoms with Crippen molar-refractivity contribution >= 4 is 34.9 Å². The smallest absolute Gasteiger partial charge is 0.319 e. The molecule has 2 aromatic rings. The number of nitrogens with zero attached hydrogens (tertiary/aromatic N) is 3. The van der Waals surface area contributed by atoms with Gasteiger partial charge in [0, 0.05) is 50.5 Å². The van der Waals surface area contributed by atoms with E-state index < -0.39 is 11.9 Å². The molecule has 0 bridgehead atoms. The van der Waals surface area contributed by atoms with Crippen LogP contribution in [0.4, 0.5) is 21.9 Å². The summed E-state index contributed by atoms with van der Waals surface area (Å²) in [5, 5.41) is 5.47. The van der Waals surface area contributed by atoms with Gasteiger partial charge in [0.15, 0.2) is 0 Å². The van der Waals surface area contributed by atoms with E-state index >= 15 is 0 Å². The maximum absolute atomic E-state index is 12.7. The van der Waals surface area contributed by atoms with Crippen LogP contribution in [0, 0.1) is 0 Å². The highest BCUT2D eigenvalue weighted by atomic mass is 16.2. The maximum atomic E-state index is 12.7. The van der Waals surface area contributed by atoms with Gasteiger partial charge in [0.1, 0.15) is 0 Å². The number of primary amides is 1. The molecule has 0 radical (unpaired) electrons. The van der Waals surface area contributed by atoms with Crippen LogP contribution in [0.2, 0.25) is 0 Å². The number of piperazine rings is 1. The summed E-state index contributed by atoms with van der Waals surface area (Å²) in [7, 11) is 0. The van der Waals surface area contributed by atoms with Crippen molar-refractivity contribution in [2.45, 2.75) is 19.3 Å². The molecule has 4 rings (SSSR count). The minimum atomic E-state index is -0.557. The first-order valence-electron chi connectivity index (χ1n) is 11.8. The van der Waals surface area contributed by atoms with Crippen molar-refractivity contribution < 1.29 is 14.4 Å². The lowest BCUT2D eigenvalue weighted by molar-refractivity contribution is -0.130. The highest BCUT2D eigenvalue weighted by Crippen LogP contribution is 2.29. The van der Waals surface area contributed by atoms with Crippen LogP contribution >= 0.6 is 0 Å². The summed E-state index contributed by atoms with van der Waals surface area (Å²) in [5.41, 5.74) is 8.27. The standard InChI is InChI=1S/C25H32N6O3/c26-24(33)19-9-10-22(30-11-5-2-6-12-30)21(17-19)28-25(34)27-18-23(32)31-15-13-29(14-16-31)20-7-3-1-4-8-20/h1,3-4,7-10,17H,2,5-6,11-16,18H2,(H2,26,33)(H2,27,28,34). The number of anilines is 3. The molecule has 0 aliphatic carbocycles. The molecule has 2 aliphatic rings. The van der Waals surface area contributed by atoms with Gasteiger partial charge in [-0.3, -0.25) is 9.59 Å². The predicted octanol–water partition coefficient (Wildman–Crippen LogP) is 2.25. The van der Waals surface area contributed by atoms with E-state index in [2.05, 4.69) is 32.6 Å². The second-order valence-corrected chi connectivity index (χ2v) is 8.65. The summed E-state index contributed by atoms with van der Waals surface area (Å²) in [5.74, 6) is -0.677. The topological polar surface area (TPSA) is 111 Å². The number of para-hydroxylation sites is 1. The molecule has 2 saturated heterocycles. The second-order valence-electron chi connectivity index (χ2n) is 8.65. The zero-order valence-electron chi connectivity index (χ0n) is 19.3. The number of hydrogen-bond donors (Lipinski definition) is 3. The van der Waals surface area contributed by atoms with Crippen molar-refractivity contribution in [3.8, 4) is 0 Å². The van der Waals surface area contributed by atoms with Gasteiger partial charge in [-0.15, -0.1) is 0 Å². The van der Waals surface area contributed by atoms with Gasteiger partial charge < -0.3 is 31.1 Å². The van der Waals surface area contributed by atoms with Crippen molar-refractivity contribution in [2.75, 3.05) is 60.9 Å². The van der Waals surface area contributed by atoms with E-state index in [4.69, 9.17) is 5.73 Å². The summed E-state index contributed by atoms with van der Waals surface area (Å²) in [6, 6.07) is 14.7. The Kier molecular flexibility index (Phi) is 7.51. The molecular weight excluding hydrogens is 432 g/mol. The van der Waals surface area contributed by atoms with Crippen LogP contribution in [0.3, 0.4) is 0 Å². The number of nitrogens with two attached hydrogens (primary N) is 1. The summed E-state index contributed by atoms with van der Waals surface area (Å²) < 4.78 is 0. The lowest BCUT2D eigenvalue weighted by Crippen LogP contribution is -2.51. The molecule has 0 saturated carbocycles. The highest BCUT2D eigenvalue weighted by molar-refractivity contribution is 5.99. The fourth-order valence-corrected chi connectivity index (χ4v) is 4.49. The summed E-state index contributed by atoms with van der Waals surface area (Å²) in [6.07, 6.45) is 3.34. The van der Waals surface area contributed by atoms with Gasteiger partial charge in [-0.1, -0.05) is 18.2 Å². The van der Waals surface area contributed by atoms with Crippen molar-refractivity contribution in [1.82, 2.24) is 10.2 Å². The molecule has 2 aliphatic heterocycles. The lowest BCUT2D eigenvalue weighted by Gasteiger charge is -2.36. The molecule has 2 aromatic carbocycles. The number of nitrogens with one attached hydrogen (secondary N) is 2. The van der Waals surface area contributed by atoms with Gasteiger partial charge >= 0.3 is 6.03 Å². The zero-order valence-corrected chi connectivity index (χ0v) is 19.3. The van der Waals surface area contributed by atoms with E-state index in [0.717, 1.165) is 50.4 Å². The number of carbonyl (C=O) groups excluding carboxylic acids is 3. The Labute approximate surface area is 199 Å². The van der Waals surface area contributed by atoms with Crippen molar-refractivity contribution in [2.24, 2.45) is 5.73 Å². The van der Waals surface area contributed by atoms with Gasteiger partial charge in [-0.2, -0.15) is 0 Å². The Morgan fingerprint density at radius 3 is 2.21 bits per heavy atom. The SMILES string of the molecule is NC(=O)c1ccc(N2CCCCC2)c(NC(=O)NCC(=O)N2CCN(c3ccccc3)CC2)c1. The number of amides is 4. The Morgan fingerprint density at radius 2 is 1.53 bits per heavy atom. The molecule has 34 heavy (non-hydrogen) atoms. The largest absolute Gasteiger partial charge is 0.370 e. The third-order valence-electron chi connectivity index (χ3n) is 6.38. The lowest BCUT2D eigenvalue weighted by atomic mass is 10.1. The zero-order chi connectivity index (χ0) is 23.9. The molecule has 4 N–H and O–H groups in total. The number of benzene rings is 2. The number of piperidine rings is 1. The molecule has 0 spiro atoms. The molecule has 2 heterocycles. The Bertz CT molecular complexity index is 1010. The van der Waals surface area contributed by atoms with E-state index in [-0.39, 0.29) is 12.5 Å². The van der Waals surface area contributed by atoms with Gasteiger partial charge in [-0.25, -0.2) is 4.79 Å². The average Bonchev–Trinajstić information content (AvgIpc) is 2.88. The fourth-order valence-electron chi connectivity index (χ4n) is 4.49. The minimum Gasteiger partial charge on any atom is -0.370 e. The molecule has 0 unspecified atom stereocenters. The van der Waals surface area contributed by atoms with Gasteiger partial charge in [-0.05, 0) is 49.6 Å². The van der Waals surface area contributed by atoms with Crippen LogP contribution in [0.15, 0.2) is 48.5 Å². The molecule has 4 amide bonds. The third kappa shape index (κ3) is 5.78. The first-order chi connectivity index (χ1) is 16.5. The number of urea groups is 1. The van der Waals surface area contributed by atoms with Crippen molar-refractivity contribution in [3.05, 3.63) is 54.1 Å². The van der Waals surface area contributed by atoms with Crippen LogP contribution in [0.25, 0.3) is 0 Å². The van der Waals surface area contributed by atoms with E-state index in [0.29, 0.717) is 24.3 Å². The second kappa shape index (κ2) is 10.9. The first-order valence-corrected chi connectivity index (χ1v) is 11.8. The predicted molar refractivity (Wildman–Crippen MR) is 133 cm³/mol. The Morgan fingerprint density at radius 1 is 0.824 bits per heavy atom. The molecule has 9 heteroatoms. The Balaban J connectivity index is 1.31. The van der Waals surface area contributed by atoms with E-state index in [9.17, 15) is 14.4 Å². The van der Waals surface area contributed by atoms with Crippen LogP contribution in [0.1, 0.15) is 29.6 Å². The number of hydrogen-bond acceptors (Lipinski definition) is 5. The molecule has 2 fully saturated rings. The average molecular weight is 465 g/mol. The normalized spacial score (nSPS) is 16.2. The maximum Gasteiger partial charge on any atom is 0.319 e. The minimum absolute atomic E-state index is 0.0915. The summed E-state index contributed by atoms with van der Waals surface area (Å²) in [6.45, 7) is 4.40. The van der Waals surface area contributed by atoms with Crippen LogP contribution in [-0.4, -0.2) is 68.6 Å². The first kappa shape index (κ1) is 23.4. The number of carbonyl (C=O) groups is 3. The van der Waals surface area contributed by atoms with Crippen molar-refractivity contribution in [3.63, 3.8) is 0 Å². The van der Waals surface area contributed by atoms with Crippen molar-refractivity contribution in [1.29, 1.82) is 0 Å².